The van der Waals surface area contributed by atoms with Crippen LogP contribution in [0.1, 0.15) is 5.56 Å². The Bertz CT molecular complexity index is 827. The monoisotopic (exact) mass is 337 g/mol. The van der Waals surface area contributed by atoms with E-state index in [0.717, 1.165) is 0 Å². The lowest BCUT2D eigenvalue weighted by atomic mass is 10.2. The number of nitrogens with one attached hydrogen (secondary N) is 2. The van der Waals surface area contributed by atoms with Gasteiger partial charge in [0.05, 0.1) is 18.2 Å². The predicted molar refractivity (Wildman–Crippen MR) is 89.1 cm³/mol. The highest BCUT2D eigenvalue weighted by Crippen LogP contribution is 2.30. The maximum absolute atomic E-state index is 11.9. The van der Waals surface area contributed by atoms with Crippen LogP contribution in [0.5, 0.6) is 11.5 Å². The average molecular weight is 337 g/mol. The fourth-order valence-corrected chi connectivity index (χ4v) is 2.27. The van der Waals surface area contributed by atoms with E-state index in [1.165, 1.54) is 0 Å². The van der Waals surface area contributed by atoms with Crippen molar-refractivity contribution in [1.29, 1.82) is 5.26 Å². The molecule has 1 atom stereocenters. The van der Waals surface area contributed by atoms with Crippen molar-refractivity contribution in [3.05, 3.63) is 54.1 Å². The molecular weight excluding hydrogens is 322 g/mol. The molecular formula is C18H15N3O4. The molecule has 25 heavy (non-hydrogen) atoms. The minimum atomic E-state index is -0.790. The summed E-state index contributed by atoms with van der Waals surface area (Å²) in [6.45, 7) is 0.433. The zero-order valence-corrected chi connectivity index (χ0v) is 13.2. The minimum absolute atomic E-state index is 0.147. The molecule has 0 bridgehead atoms. The van der Waals surface area contributed by atoms with Crippen LogP contribution < -0.4 is 20.1 Å². The summed E-state index contributed by atoms with van der Waals surface area (Å²) >= 11 is 0. The Labute approximate surface area is 144 Å². The second-order valence-electron chi connectivity index (χ2n) is 5.35. The summed E-state index contributed by atoms with van der Waals surface area (Å²) in [6.07, 6.45) is -0.374. The third kappa shape index (κ3) is 4.06. The van der Waals surface area contributed by atoms with Crippen molar-refractivity contribution in [3.8, 4) is 17.6 Å². The van der Waals surface area contributed by atoms with Crippen molar-refractivity contribution < 1.29 is 19.1 Å². The van der Waals surface area contributed by atoms with Gasteiger partial charge in [0.15, 0.2) is 11.5 Å². The van der Waals surface area contributed by atoms with E-state index in [1.807, 2.05) is 18.2 Å². The zero-order chi connectivity index (χ0) is 17.6. The van der Waals surface area contributed by atoms with E-state index < -0.39 is 11.8 Å². The van der Waals surface area contributed by atoms with E-state index >= 15 is 0 Å². The maximum atomic E-state index is 11.9. The first-order valence-corrected chi connectivity index (χ1v) is 7.63. The molecule has 0 aliphatic carbocycles. The number of carbonyl (C=O) groups is 2. The summed E-state index contributed by atoms with van der Waals surface area (Å²) in [6, 6.07) is 15.4. The van der Waals surface area contributed by atoms with E-state index in [9.17, 15) is 9.59 Å². The van der Waals surface area contributed by atoms with Crippen molar-refractivity contribution in [2.45, 2.75) is 6.10 Å². The fraction of sp³-hybridized carbons (Fsp3) is 0.167. The molecule has 7 heteroatoms. The van der Waals surface area contributed by atoms with Crippen molar-refractivity contribution in [3.63, 3.8) is 0 Å². The highest BCUT2D eigenvalue weighted by molar-refractivity contribution is 6.39. The van der Waals surface area contributed by atoms with E-state index in [2.05, 4.69) is 10.6 Å². The Hall–Kier alpha value is -3.53. The van der Waals surface area contributed by atoms with Crippen LogP contribution >= 0.6 is 0 Å². The van der Waals surface area contributed by atoms with E-state index in [-0.39, 0.29) is 19.3 Å². The Morgan fingerprint density at radius 3 is 2.52 bits per heavy atom. The van der Waals surface area contributed by atoms with Gasteiger partial charge in [-0.25, -0.2) is 0 Å². The first kappa shape index (κ1) is 16.3. The number of rotatable bonds is 3. The zero-order valence-electron chi connectivity index (χ0n) is 13.2. The molecule has 2 aromatic carbocycles. The topological polar surface area (TPSA) is 100 Å². The lowest BCUT2D eigenvalue weighted by molar-refractivity contribution is -0.136. The lowest BCUT2D eigenvalue weighted by Gasteiger charge is -2.26. The number of hydrogen-bond donors (Lipinski definition) is 2. The molecule has 126 valence electrons. The molecule has 0 saturated carbocycles. The van der Waals surface area contributed by atoms with Gasteiger partial charge in [-0.1, -0.05) is 12.1 Å². The second-order valence-corrected chi connectivity index (χ2v) is 5.35. The number of para-hydroxylation sites is 2. The molecule has 2 N–H and O–H groups in total. The number of carbonyl (C=O) groups excluding carboxylic acids is 2. The quantitative estimate of drug-likeness (QED) is 0.826. The third-order valence-corrected chi connectivity index (χ3v) is 3.54. The van der Waals surface area contributed by atoms with Crippen LogP contribution in [0.25, 0.3) is 0 Å². The molecule has 2 amide bonds. The van der Waals surface area contributed by atoms with Gasteiger partial charge in [0.25, 0.3) is 0 Å². The second kappa shape index (κ2) is 7.36. The SMILES string of the molecule is N#Cc1ccc(NC(=O)C(=O)NCC2COc3ccccc3O2)cc1. The molecule has 0 saturated heterocycles. The molecule has 1 aliphatic rings. The van der Waals surface area contributed by atoms with Gasteiger partial charge in [-0.05, 0) is 36.4 Å². The summed E-state index contributed by atoms with van der Waals surface area (Å²) in [7, 11) is 0. The molecule has 7 nitrogen and oxygen atoms in total. The van der Waals surface area contributed by atoms with Crippen LogP contribution in [0.4, 0.5) is 5.69 Å². The molecule has 1 aliphatic heterocycles. The van der Waals surface area contributed by atoms with Gasteiger partial charge in [0.2, 0.25) is 0 Å². The number of amides is 2. The summed E-state index contributed by atoms with van der Waals surface area (Å²) in [5.74, 6) is -0.299. The molecule has 0 radical (unpaired) electrons. The normalized spacial score (nSPS) is 14.9. The number of nitrogens with zero attached hydrogens (tertiary/aromatic N) is 1. The van der Waals surface area contributed by atoms with E-state index in [4.69, 9.17) is 14.7 Å². The van der Waals surface area contributed by atoms with Crippen LogP contribution in [0, 0.1) is 11.3 Å². The highest BCUT2D eigenvalue weighted by Gasteiger charge is 2.22. The number of nitriles is 1. The van der Waals surface area contributed by atoms with E-state index in [1.54, 1.807) is 36.4 Å². The van der Waals surface area contributed by atoms with Crippen LogP contribution in [-0.4, -0.2) is 31.1 Å². The summed E-state index contributed by atoms with van der Waals surface area (Å²) in [5.41, 5.74) is 0.905. The molecule has 1 heterocycles. The first-order chi connectivity index (χ1) is 12.2. The molecule has 2 aromatic rings. The molecule has 1 unspecified atom stereocenters. The van der Waals surface area contributed by atoms with Gasteiger partial charge in [-0.2, -0.15) is 5.26 Å². The average Bonchev–Trinajstić information content (AvgIpc) is 2.66. The first-order valence-electron chi connectivity index (χ1n) is 7.63. The molecule has 0 spiro atoms. The number of hydrogen-bond acceptors (Lipinski definition) is 5. The van der Waals surface area contributed by atoms with Crippen molar-refractivity contribution in [2.24, 2.45) is 0 Å². The van der Waals surface area contributed by atoms with Gasteiger partial charge in [0, 0.05) is 5.69 Å². The fourth-order valence-electron chi connectivity index (χ4n) is 2.27. The standard InChI is InChI=1S/C18H15N3O4/c19-9-12-5-7-13(8-6-12)21-18(23)17(22)20-10-14-11-24-15-3-1-2-4-16(15)25-14/h1-8,14H,10-11H2,(H,20,22)(H,21,23). The Morgan fingerprint density at radius 1 is 1.08 bits per heavy atom. The van der Waals surface area contributed by atoms with Gasteiger partial charge >= 0.3 is 11.8 Å². The summed E-state index contributed by atoms with van der Waals surface area (Å²) in [5, 5.41) is 13.7. The van der Waals surface area contributed by atoms with Crippen LogP contribution in [0.2, 0.25) is 0 Å². The largest absolute Gasteiger partial charge is 0.486 e. The predicted octanol–water partition coefficient (Wildman–Crippen LogP) is 1.45. The summed E-state index contributed by atoms with van der Waals surface area (Å²) in [4.78, 5) is 23.8. The number of fused-ring (bicyclic) bond motifs is 1. The number of anilines is 1. The Morgan fingerprint density at radius 2 is 1.80 bits per heavy atom. The van der Waals surface area contributed by atoms with Crippen molar-refractivity contribution >= 4 is 17.5 Å². The van der Waals surface area contributed by atoms with Crippen LogP contribution in [0.15, 0.2) is 48.5 Å². The van der Waals surface area contributed by atoms with Crippen LogP contribution in [-0.2, 0) is 9.59 Å². The third-order valence-electron chi connectivity index (χ3n) is 3.54. The lowest BCUT2D eigenvalue weighted by Crippen LogP contribution is -2.44. The Balaban J connectivity index is 1.49. The molecule has 0 fully saturated rings. The Kier molecular flexibility index (Phi) is 4.81. The maximum Gasteiger partial charge on any atom is 0.313 e. The number of benzene rings is 2. The van der Waals surface area contributed by atoms with Gasteiger partial charge in [-0.15, -0.1) is 0 Å². The van der Waals surface area contributed by atoms with Gasteiger partial charge < -0.3 is 20.1 Å². The molecule has 0 aromatic heterocycles. The number of ether oxygens (including phenoxy) is 2. The minimum Gasteiger partial charge on any atom is -0.486 e. The van der Waals surface area contributed by atoms with Crippen molar-refractivity contribution in [1.82, 2.24) is 5.32 Å². The summed E-state index contributed by atoms with van der Waals surface area (Å²) < 4.78 is 11.2. The van der Waals surface area contributed by atoms with Gasteiger partial charge in [-0.3, -0.25) is 9.59 Å². The van der Waals surface area contributed by atoms with Crippen LogP contribution in [0.3, 0.4) is 0 Å². The molecule has 3 rings (SSSR count). The van der Waals surface area contributed by atoms with Crippen molar-refractivity contribution in [2.75, 3.05) is 18.5 Å². The van der Waals surface area contributed by atoms with Gasteiger partial charge in [0.1, 0.15) is 12.7 Å². The smallest absolute Gasteiger partial charge is 0.313 e. The highest BCUT2D eigenvalue weighted by atomic mass is 16.6. The van der Waals surface area contributed by atoms with E-state index in [0.29, 0.717) is 22.7 Å².